The summed E-state index contributed by atoms with van der Waals surface area (Å²) in [5.41, 5.74) is 0.152. The van der Waals surface area contributed by atoms with E-state index in [1.54, 1.807) is 0 Å². The lowest BCUT2D eigenvalue weighted by atomic mass is 9.77. The van der Waals surface area contributed by atoms with Crippen LogP contribution in [0.1, 0.15) is 58.8 Å². The van der Waals surface area contributed by atoms with Crippen molar-refractivity contribution in [2.75, 3.05) is 6.54 Å². The van der Waals surface area contributed by atoms with Crippen LogP contribution in [0, 0.1) is 11.3 Å². The van der Waals surface area contributed by atoms with Gasteiger partial charge in [0.15, 0.2) is 0 Å². The molecule has 104 valence electrons. The second kappa shape index (κ2) is 6.76. The number of nitrogens with one attached hydrogen (secondary N) is 1. The summed E-state index contributed by atoms with van der Waals surface area (Å²) in [4.78, 5) is 21.9. The van der Waals surface area contributed by atoms with Gasteiger partial charge in [-0.1, -0.05) is 26.7 Å². The summed E-state index contributed by atoms with van der Waals surface area (Å²) in [5, 5.41) is 11.4. The Balaban J connectivity index is 2.22. The largest absolute Gasteiger partial charge is 0.481 e. The molecule has 1 aliphatic rings. The van der Waals surface area contributed by atoms with Gasteiger partial charge in [-0.25, -0.2) is 0 Å². The number of carboxylic acid groups (broad SMARTS) is 1. The zero-order valence-electron chi connectivity index (χ0n) is 11.5. The molecule has 0 heterocycles. The highest BCUT2D eigenvalue weighted by molar-refractivity contribution is 5.76. The van der Waals surface area contributed by atoms with Gasteiger partial charge in [-0.05, 0) is 30.6 Å². The van der Waals surface area contributed by atoms with Gasteiger partial charge in [0.05, 0.1) is 0 Å². The van der Waals surface area contributed by atoms with E-state index in [2.05, 4.69) is 19.2 Å². The molecule has 1 fully saturated rings. The van der Waals surface area contributed by atoms with Gasteiger partial charge in [0.2, 0.25) is 5.91 Å². The van der Waals surface area contributed by atoms with Crippen LogP contribution in [0.25, 0.3) is 0 Å². The number of amides is 1. The van der Waals surface area contributed by atoms with E-state index in [4.69, 9.17) is 5.11 Å². The summed E-state index contributed by atoms with van der Waals surface area (Å²) >= 11 is 0. The third kappa shape index (κ3) is 5.07. The summed E-state index contributed by atoms with van der Waals surface area (Å²) < 4.78 is 0. The average molecular weight is 255 g/mol. The number of carbonyl (C=O) groups is 2. The van der Waals surface area contributed by atoms with Crippen LogP contribution >= 0.6 is 0 Å². The van der Waals surface area contributed by atoms with Crippen molar-refractivity contribution in [3.63, 3.8) is 0 Å². The standard InChI is InChI=1S/C14H25NO3/c1-14(2,11-6-3-4-7-11)10-15-12(16)8-5-9-13(17)18/h11H,3-10H2,1-2H3,(H,15,16)(H,17,18). The molecule has 1 aliphatic carbocycles. The smallest absolute Gasteiger partial charge is 0.303 e. The van der Waals surface area contributed by atoms with Crippen molar-refractivity contribution in [3.8, 4) is 0 Å². The Morgan fingerprint density at radius 3 is 2.39 bits per heavy atom. The van der Waals surface area contributed by atoms with Crippen LogP contribution in [0.3, 0.4) is 0 Å². The van der Waals surface area contributed by atoms with E-state index in [1.807, 2.05) is 0 Å². The molecule has 4 nitrogen and oxygen atoms in total. The molecule has 18 heavy (non-hydrogen) atoms. The Bertz CT molecular complexity index is 293. The van der Waals surface area contributed by atoms with E-state index in [1.165, 1.54) is 25.7 Å². The molecule has 1 rings (SSSR count). The number of carboxylic acids is 1. The molecule has 1 saturated carbocycles. The van der Waals surface area contributed by atoms with Crippen molar-refractivity contribution >= 4 is 11.9 Å². The van der Waals surface area contributed by atoms with Crippen molar-refractivity contribution in [1.29, 1.82) is 0 Å². The lowest BCUT2D eigenvalue weighted by Gasteiger charge is -2.31. The number of rotatable bonds is 7. The normalized spacial score (nSPS) is 16.8. The lowest BCUT2D eigenvalue weighted by molar-refractivity contribution is -0.137. The first kappa shape index (κ1) is 15.0. The average Bonchev–Trinajstić information content (AvgIpc) is 2.80. The minimum absolute atomic E-state index is 0.0256. The van der Waals surface area contributed by atoms with Gasteiger partial charge < -0.3 is 10.4 Å². The maximum Gasteiger partial charge on any atom is 0.303 e. The molecular weight excluding hydrogens is 230 g/mol. The molecule has 0 radical (unpaired) electrons. The molecule has 1 amide bonds. The first-order valence-corrected chi connectivity index (χ1v) is 6.90. The van der Waals surface area contributed by atoms with Gasteiger partial charge in [-0.3, -0.25) is 9.59 Å². The van der Waals surface area contributed by atoms with E-state index in [0.717, 1.165) is 0 Å². The van der Waals surface area contributed by atoms with E-state index < -0.39 is 5.97 Å². The van der Waals surface area contributed by atoms with Gasteiger partial charge in [-0.2, -0.15) is 0 Å². The number of hydrogen-bond acceptors (Lipinski definition) is 2. The summed E-state index contributed by atoms with van der Waals surface area (Å²) in [5.74, 6) is -0.159. The topological polar surface area (TPSA) is 66.4 Å². The Labute approximate surface area is 109 Å². The molecule has 2 N–H and O–H groups in total. The van der Waals surface area contributed by atoms with Crippen molar-refractivity contribution in [2.24, 2.45) is 11.3 Å². The number of aliphatic carboxylic acids is 1. The quantitative estimate of drug-likeness (QED) is 0.734. The monoisotopic (exact) mass is 255 g/mol. The van der Waals surface area contributed by atoms with E-state index in [0.29, 0.717) is 25.3 Å². The first-order chi connectivity index (χ1) is 8.42. The maximum atomic E-state index is 11.6. The fourth-order valence-electron chi connectivity index (χ4n) is 2.67. The predicted octanol–water partition coefficient (Wildman–Crippen LogP) is 2.57. The zero-order chi connectivity index (χ0) is 13.6. The second-order valence-electron chi connectivity index (χ2n) is 5.99. The highest BCUT2D eigenvalue weighted by atomic mass is 16.4. The van der Waals surface area contributed by atoms with Crippen LogP contribution in [-0.4, -0.2) is 23.5 Å². The summed E-state index contributed by atoms with van der Waals surface area (Å²) in [6.45, 7) is 5.12. The molecule has 0 aromatic rings. The third-order valence-corrected chi connectivity index (χ3v) is 4.00. The minimum atomic E-state index is -0.839. The van der Waals surface area contributed by atoms with Crippen LogP contribution in [0.5, 0.6) is 0 Å². The van der Waals surface area contributed by atoms with Gasteiger partial charge in [0.1, 0.15) is 0 Å². The molecule has 0 aliphatic heterocycles. The maximum absolute atomic E-state index is 11.6. The van der Waals surface area contributed by atoms with Crippen LogP contribution in [0.15, 0.2) is 0 Å². The number of hydrogen-bond donors (Lipinski definition) is 2. The fraction of sp³-hybridized carbons (Fsp3) is 0.857. The van der Waals surface area contributed by atoms with E-state index in [-0.39, 0.29) is 17.7 Å². The fourth-order valence-corrected chi connectivity index (χ4v) is 2.67. The molecular formula is C14H25NO3. The summed E-state index contributed by atoms with van der Waals surface area (Å²) in [6, 6.07) is 0. The molecule has 0 bridgehead atoms. The second-order valence-corrected chi connectivity index (χ2v) is 5.99. The van der Waals surface area contributed by atoms with Crippen molar-refractivity contribution in [1.82, 2.24) is 5.32 Å². The highest BCUT2D eigenvalue weighted by Gasteiger charge is 2.31. The van der Waals surface area contributed by atoms with Gasteiger partial charge >= 0.3 is 5.97 Å². The molecule has 0 aromatic carbocycles. The van der Waals surface area contributed by atoms with E-state index in [9.17, 15) is 9.59 Å². The zero-order valence-corrected chi connectivity index (χ0v) is 11.5. The summed E-state index contributed by atoms with van der Waals surface area (Å²) in [6.07, 6.45) is 5.95. The van der Waals surface area contributed by atoms with Crippen molar-refractivity contribution < 1.29 is 14.7 Å². The van der Waals surface area contributed by atoms with E-state index >= 15 is 0 Å². The van der Waals surface area contributed by atoms with Crippen LogP contribution in [0.4, 0.5) is 0 Å². The highest BCUT2D eigenvalue weighted by Crippen LogP contribution is 2.38. The molecule has 0 spiro atoms. The van der Waals surface area contributed by atoms with Crippen LogP contribution in [0.2, 0.25) is 0 Å². The molecule has 0 aromatic heterocycles. The Hall–Kier alpha value is -1.06. The molecule has 0 saturated heterocycles. The third-order valence-electron chi connectivity index (χ3n) is 4.00. The van der Waals surface area contributed by atoms with Crippen molar-refractivity contribution in [3.05, 3.63) is 0 Å². The Kier molecular flexibility index (Phi) is 5.63. The molecule has 0 unspecified atom stereocenters. The lowest BCUT2D eigenvalue weighted by Crippen LogP contribution is -2.37. The van der Waals surface area contributed by atoms with Crippen LogP contribution < -0.4 is 5.32 Å². The molecule has 0 atom stereocenters. The molecule has 4 heteroatoms. The Morgan fingerprint density at radius 2 is 1.83 bits per heavy atom. The van der Waals surface area contributed by atoms with Crippen molar-refractivity contribution in [2.45, 2.75) is 58.8 Å². The Morgan fingerprint density at radius 1 is 1.22 bits per heavy atom. The first-order valence-electron chi connectivity index (χ1n) is 6.90. The summed E-state index contributed by atoms with van der Waals surface area (Å²) in [7, 11) is 0. The predicted molar refractivity (Wildman–Crippen MR) is 70.2 cm³/mol. The van der Waals surface area contributed by atoms with Gasteiger partial charge in [0.25, 0.3) is 0 Å². The minimum Gasteiger partial charge on any atom is -0.481 e. The van der Waals surface area contributed by atoms with Crippen LogP contribution in [-0.2, 0) is 9.59 Å². The van der Waals surface area contributed by atoms with Gasteiger partial charge in [0, 0.05) is 19.4 Å². The number of carbonyl (C=O) groups excluding carboxylic acids is 1. The van der Waals surface area contributed by atoms with Gasteiger partial charge in [-0.15, -0.1) is 0 Å². The SMILES string of the molecule is CC(C)(CNC(=O)CCCC(=O)O)C1CCCC1.